The highest BCUT2D eigenvalue weighted by Gasteiger charge is 2.25. The van der Waals surface area contributed by atoms with E-state index >= 15 is 0 Å². The Kier molecular flexibility index (Phi) is 3.91. The van der Waals surface area contributed by atoms with Gasteiger partial charge >= 0.3 is 0 Å². The lowest BCUT2D eigenvalue weighted by Crippen LogP contribution is -2.16. The van der Waals surface area contributed by atoms with Crippen molar-refractivity contribution in [2.75, 3.05) is 13.1 Å². The van der Waals surface area contributed by atoms with Gasteiger partial charge in [-0.05, 0) is 18.3 Å². The molecule has 0 amide bonds. The second-order valence-corrected chi connectivity index (χ2v) is 6.00. The summed E-state index contributed by atoms with van der Waals surface area (Å²) in [5, 5.41) is 0.746. The topological polar surface area (TPSA) is 3.24 Å². The molecule has 1 fully saturated rings. The van der Waals surface area contributed by atoms with Crippen LogP contribution < -0.4 is 0 Å². The minimum atomic E-state index is 0.746. The molecule has 1 atom stereocenters. The summed E-state index contributed by atoms with van der Waals surface area (Å²) in [6.07, 6.45) is 1.40. The predicted octanol–water partition coefficient (Wildman–Crippen LogP) is 3.02. The third kappa shape index (κ3) is 2.98. The van der Waals surface area contributed by atoms with Gasteiger partial charge in [0.15, 0.2) is 0 Å². The van der Waals surface area contributed by atoms with Crippen LogP contribution in [0.3, 0.4) is 0 Å². The van der Waals surface area contributed by atoms with Crippen molar-refractivity contribution in [3.8, 4) is 0 Å². The van der Waals surface area contributed by atoms with Crippen molar-refractivity contribution in [3.63, 3.8) is 0 Å². The zero-order valence-corrected chi connectivity index (χ0v) is 9.53. The van der Waals surface area contributed by atoms with E-state index in [2.05, 4.69) is 32.0 Å². The zero-order valence-electron chi connectivity index (χ0n) is 8.71. The summed E-state index contributed by atoms with van der Waals surface area (Å²) in [6.45, 7) is 11.8. The summed E-state index contributed by atoms with van der Waals surface area (Å²) in [5.41, 5.74) is 0. The molecule has 0 radical (unpaired) electrons. The van der Waals surface area contributed by atoms with Crippen LogP contribution >= 0.6 is 11.9 Å². The van der Waals surface area contributed by atoms with Crippen molar-refractivity contribution >= 4 is 11.9 Å². The molecule has 1 unspecified atom stereocenters. The van der Waals surface area contributed by atoms with E-state index in [0.29, 0.717) is 0 Å². The van der Waals surface area contributed by atoms with E-state index in [9.17, 15) is 0 Å². The fourth-order valence-electron chi connectivity index (χ4n) is 1.69. The van der Waals surface area contributed by atoms with Gasteiger partial charge in [0.2, 0.25) is 0 Å². The molecule has 1 heterocycles. The predicted molar refractivity (Wildman–Crippen MR) is 57.2 cm³/mol. The van der Waals surface area contributed by atoms with E-state index in [1.807, 2.05) is 11.9 Å². The molecule has 1 rings (SSSR count). The molecule has 72 valence electrons. The van der Waals surface area contributed by atoms with Crippen LogP contribution in [0.25, 0.3) is 0 Å². The number of rotatable bonds is 3. The lowest BCUT2D eigenvalue weighted by molar-refractivity contribution is 0.400. The van der Waals surface area contributed by atoms with Crippen molar-refractivity contribution < 1.29 is 0 Å². The van der Waals surface area contributed by atoms with Gasteiger partial charge in [0.25, 0.3) is 0 Å². The van der Waals surface area contributed by atoms with E-state index in [1.54, 1.807) is 0 Å². The summed E-state index contributed by atoms with van der Waals surface area (Å²) in [4.78, 5) is 0. The Labute approximate surface area is 81.0 Å². The van der Waals surface area contributed by atoms with Crippen LogP contribution in [0.15, 0.2) is 0 Å². The second kappa shape index (κ2) is 4.52. The Balaban J connectivity index is 2.26. The van der Waals surface area contributed by atoms with Crippen LogP contribution in [0.4, 0.5) is 0 Å². The maximum atomic E-state index is 2.54. The molecule has 0 saturated carbocycles. The van der Waals surface area contributed by atoms with Crippen molar-refractivity contribution in [1.29, 1.82) is 0 Å². The van der Waals surface area contributed by atoms with Gasteiger partial charge in [-0.1, -0.05) is 39.6 Å². The fraction of sp³-hybridized carbons (Fsp3) is 1.00. The molecule has 0 spiro atoms. The molecular formula is C10H21NS. The highest BCUT2D eigenvalue weighted by molar-refractivity contribution is 7.97. The van der Waals surface area contributed by atoms with Crippen molar-refractivity contribution in [1.82, 2.24) is 4.31 Å². The van der Waals surface area contributed by atoms with Gasteiger partial charge in [0.05, 0.1) is 0 Å². The first-order valence-electron chi connectivity index (χ1n) is 5.01. The van der Waals surface area contributed by atoms with Crippen LogP contribution in [0.5, 0.6) is 0 Å². The van der Waals surface area contributed by atoms with Crippen molar-refractivity contribution in [2.45, 2.75) is 39.4 Å². The molecule has 2 heteroatoms. The summed E-state index contributed by atoms with van der Waals surface area (Å²) >= 11 is 2.02. The Morgan fingerprint density at radius 2 is 1.92 bits per heavy atom. The quantitative estimate of drug-likeness (QED) is 0.625. The third-order valence-electron chi connectivity index (χ3n) is 2.49. The lowest BCUT2D eigenvalue weighted by Gasteiger charge is -2.18. The lowest BCUT2D eigenvalue weighted by atomic mass is 9.96. The summed E-state index contributed by atoms with van der Waals surface area (Å²) in [7, 11) is 0. The SMILES string of the molecule is CC(C)SN1CCC(C(C)C)C1. The average molecular weight is 187 g/mol. The van der Waals surface area contributed by atoms with E-state index in [1.165, 1.54) is 19.5 Å². The molecule has 1 saturated heterocycles. The van der Waals surface area contributed by atoms with Crippen LogP contribution in [0.1, 0.15) is 34.1 Å². The molecule has 0 aliphatic carbocycles. The van der Waals surface area contributed by atoms with Crippen LogP contribution in [-0.2, 0) is 0 Å². The Morgan fingerprint density at radius 3 is 2.33 bits per heavy atom. The molecule has 12 heavy (non-hydrogen) atoms. The molecule has 1 nitrogen and oxygen atoms in total. The molecule has 0 aromatic heterocycles. The van der Waals surface area contributed by atoms with Gasteiger partial charge < -0.3 is 0 Å². The van der Waals surface area contributed by atoms with Crippen molar-refractivity contribution in [3.05, 3.63) is 0 Å². The molecule has 0 N–H and O–H groups in total. The Hall–Kier alpha value is 0.310. The van der Waals surface area contributed by atoms with Crippen LogP contribution in [0.2, 0.25) is 0 Å². The largest absolute Gasteiger partial charge is 0.250 e. The first-order chi connectivity index (χ1) is 5.59. The second-order valence-electron chi connectivity index (χ2n) is 4.33. The van der Waals surface area contributed by atoms with E-state index < -0.39 is 0 Å². The van der Waals surface area contributed by atoms with Gasteiger partial charge in [-0.15, -0.1) is 0 Å². The number of hydrogen-bond donors (Lipinski definition) is 0. The Bertz CT molecular complexity index is 134. The van der Waals surface area contributed by atoms with Gasteiger partial charge in [0.1, 0.15) is 0 Å². The van der Waals surface area contributed by atoms with Gasteiger partial charge in [-0.3, -0.25) is 4.31 Å². The molecule has 1 aliphatic rings. The maximum Gasteiger partial charge on any atom is 0.0138 e. The minimum absolute atomic E-state index is 0.746. The number of nitrogens with zero attached hydrogens (tertiary/aromatic N) is 1. The third-order valence-corrected chi connectivity index (χ3v) is 3.54. The molecular weight excluding hydrogens is 166 g/mol. The fourth-order valence-corrected chi connectivity index (χ4v) is 2.78. The van der Waals surface area contributed by atoms with Crippen molar-refractivity contribution in [2.24, 2.45) is 11.8 Å². The van der Waals surface area contributed by atoms with Gasteiger partial charge in [-0.25, -0.2) is 0 Å². The van der Waals surface area contributed by atoms with Crippen LogP contribution in [0, 0.1) is 11.8 Å². The zero-order chi connectivity index (χ0) is 9.14. The molecule has 0 aromatic carbocycles. The van der Waals surface area contributed by atoms with E-state index in [0.717, 1.165) is 17.1 Å². The highest BCUT2D eigenvalue weighted by Crippen LogP contribution is 2.29. The summed E-state index contributed by atoms with van der Waals surface area (Å²) in [6, 6.07) is 0. The average Bonchev–Trinajstić information content (AvgIpc) is 2.34. The molecule has 0 bridgehead atoms. The van der Waals surface area contributed by atoms with Crippen LogP contribution in [-0.4, -0.2) is 22.6 Å². The van der Waals surface area contributed by atoms with Gasteiger partial charge in [-0.2, -0.15) is 0 Å². The monoisotopic (exact) mass is 187 g/mol. The van der Waals surface area contributed by atoms with E-state index in [-0.39, 0.29) is 0 Å². The number of hydrogen-bond acceptors (Lipinski definition) is 2. The summed E-state index contributed by atoms with van der Waals surface area (Å²) in [5.74, 6) is 1.80. The summed E-state index contributed by atoms with van der Waals surface area (Å²) < 4.78 is 2.54. The minimum Gasteiger partial charge on any atom is -0.250 e. The smallest absolute Gasteiger partial charge is 0.0138 e. The molecule has 0 aromatic rings. The highest BCUT2D eigenvalue weighted by atomic mass is 32.2. The molecule has 1 aliphatic heterocycles. The first-order valence-corrected chi connectivity index (χ1v) is 5.85. The first kappa shape index (κ1) is 10.4. The normalized spacial score (nSPS) is 26.0. The Morgan fingerprint density at radius 1 is 1.25 bits per heavy atom. The van der Waals surface area contributed by atoms with Gasteiger partial charge in [0, 0.05) is 18.3 Å². The maximum absolute atomic E-state index is 2.54. The van der Waals surface area contributed by atoms with E-state index in [4.69, 9.17) is 0 Å². The standard InChI is InChI=1S/C10H21NS/c1-8(2)10-5-6-11(7-10)12-9(3)4/h8-10H,5-7H2,1-4H3.